The van der Waals surface area contributed by atoms with E-state index in [-0.39, 0.29) is 18.2 Å². The zero-order valence-corrected chi connectivity index (χ0v) is 17.4. The number of fused-ring (bicyclic) bond motifs is 1. The fourth-order valence-electron chi connectivity index (χ4n) is 4.05. The summed E-state index contributed by atoms with van der Waals surface area (Å²) < 4.78 is 23.9. The maximum Gasteiger partial charge on any atom is 0.223 e. The van der Waals surface area contributed by atoms with Gasteiger partial charge < -0.3 is 24.7 Å². The van der Waals surface area contributed by atoms with E-state index in [0.29, 0.717) is 6.61 Å². The summed E-state index contributed by atoms with van der Waals surface area (Å²) >= 11 is 0. The Morgan fingerprint density at radius 3 is 2.08 bits per heavy atom. The van der Waals surface area contributed by atoms with Crippen LogP contribution in [0.15, 0.2) is 0 Å². The molecular weight excluding hydrogens is 330 g/mol. The van der Waals surface area contributed by atoms with Crippen LogP contribution in [-0.4, -0.2) is 43.0 Å². The van der Waals surface area contributed by atoms with Gasteiger partial charge in [-0.1, -0.05) is 64.7 Å². The van der Waals surface area contributed by atoms with E-state index in [1.54, 1.807) is 0 Å². The number of ether oxygens (including phenoxy) is 4. The first-order valence-corrected chi connectivity index (χ1v) is 10.8. The molecule has 154 valence electrons. The lowest BCUT2D eigenvalue weighted by Gasteiger charge is -2.28. The van der Waals surface area contributed by atoms with Crippen molar-refractivity contribution in [2.24, 2.45) is 5.73 Å². The summed E-state index contributed by atoms with van der Waals surface area (Å²) in [5.74, 6) is -1.52. The summed E-state index contributed by atoms with van der Waals surface area (Å²) in [6, 6.07) is -0.183. The molecule has 0 bridgehead atoms. The van der Waals surface area contributed by atoms with E-state index in [9.17, 15) is 0 Å². The molecule has 0 aliphatic carbocycles. The largest absolute Gasteiger partial charge is 0.376 e. The van der Waals surface area contributed by atoms with Crippen molar-refractivity contribution in [3.8, 4) is 0 Å². The molecule has 0 aromatic heterocycles. The molecule has 0 saturated carbocycles. The topological polar surface area (TPSA) is 62.9 Å². The van der Waals surface area contributed by atoms with Crippen molar-refractivity contribution < 1.29 is 18.9 Å². The van der Waals surface area contributed by atoms with E-state index < -0.39 is 11.6 Å². The second-order valence-electron chi connectivity index (χ2n) is 8.49. The number of nitrogens with two attached hydrogens (primary N) is 1. The van der Waals surface area contributed by atoms with Crippen LogP contribution in [0.1, 0.15) is 91.9 Å². The highest BCUT2D eigenvalue weighted by atomic mass is 16.9. The Balaban J connectivity index is 1.54. The van der Waals surface area contributed by atoms with Crippen molar-refractivity contribution in [1.82, 2.24) is 0 Å². The molecule has 2 saturated heterocycles. The van der Waals surface area contributed by atoms with Crippen molar-refractivity contribution >= 4 is 0 Å². The third kappa shape index (κ3) is 6.16. The van der Waals surface area contributed by atoms with Gasteiger partial charge in [0.2, 0.25) is 5.79 Å². The maximum atomic E-state index is 6.22. The van der Waals surface area contributed by atoms with Crippen LogP contribution >= 0.6 is 0 Å². The van der Waals surface area contributed by atoms with Crippen LogP contribution in [0.5, 0.6) is 0 Å². The SMILES string of the molecule is CCCCCCCCCCCCOC[C@@]12O[C@@H](C)C(N)[C@H]1OC(C)(C)O2. The third-order valence-electron chi connectivity index (χ3n) is 5.49. The second-order valence-corrected chi connectivity index (χ2v) is 8.49. The van der Waals surface area contributed by atoms with Gasteiger partial charge in [-0.3, -0.25) is 0 Å². The fraction of sp³-hybridized carbons (Fsp3) is 1.00. The lowest BCUT2D eigenvalue weighted by Crippen LogP contribution is -2.47. The number of rotatable bonds is 13. The molecular formula is C21H41NO4. The first kappa shape index (κ1) is 22.1. The van der Waals surface area contributed by atoms with Crippen LogP contribution < -0.4 is 5.73 Å². The van der Waals surface area contributed by atoms with E-state index in [2.05, 4.69) is 6.92 Å². The Morgan fingerprint density at radius 2 is 1.46 bits per heavy atom. The highest BCUT2D eigenvalue weighted by Gasteiger charge is 2.63. The maximum absolute atomic E-state index is 6.22. The van der Waals surface area contributed by atoms with Gasteiger partial charge in [0.15, 0.2) is 5.79 Å². The zero-order chi connectivity index (χ0) is 19.0. The Kier molecular flexibility index (Phi) is 8.81. The van der Waals surface area contributed by atoms with E-state index in [0.717, 1.165) is 13.0 Å². The Hall–Kier alpha value is -0.200. The van der Waals surface area contributed by atoms with Crippen LogP contribution in [0.4, 0.5) is 0 Å². The second kappa shape index (κ2) is 10.4. The molecule has 26 heavy (non-hydrogen) atoms. The molecule has 0 spiro atoms. The van der Waals surface area contributed by atoms with Crippen molar-refractivity contribution in [2.75, 3.05) is 13.2 Å². The van der Waals surface area contributed by atoms with Crippen LogP contribution in [0.2, 0.25) is 0 Å². The lowest BCUT2D eigenvalue weighted by molar-refractivity contribution is -0.274. The fourth-order valence-corrected chi connectivity index (χ4v) is 4.05. The standard InChI is InChI=1S/C21H41NO4/c1-5-6-7-8-9-10-11-12-13-14-15-23-16-21-19(18(22)17(2)24-21)25-20(3,4)26-21/h17-19H,5-16,22H2,1-4H3/t17-,18?,19+,21-/m0/s1. The molecule has 4 atom stereocenters. The van der Waals surface area contributed by atoms with Gasteiger partial charge in [0.25, 0.3) is 0 Å². The molecule has 1 unspecified atom stereocenters. The predicted octanol–water partition coefficient (Wildman–Crippen LogP) is 4.52. The molecule has 2 rings (SSSR count). The van der Waals surface area contributed by atoms with Gasteiger partial charge in [0, 0.05) is 6.61 Å². The zero-order valence-electron chi connectivity index (χ0n) is 17.4. The molecule has 2 heterocycles. The predicted molar refractivity (Wildman–Crippen MR) is 104 cm³/mol. The van der Waals surface area contributed by atoms with Crippen molar-refractivity contribution in [3.63, 3.8) is 0 Å². The van der Waals surface area contributed by atoms with Gasteiger partial charge in [-0.2, -0.15) is 0 Å². The van der Waals surface area contributed by atoms with E-state index in [4.69, 9.17) is 24.7 Å². The van der Waals surface area contributed by atoms with Crippen LogP contribution in [0.25, 0.3) is 0 Å². The summed E-state index contributed by atoms with van der Waals surface area (Å²) in [5, 5.41) is 0. The number of hydrogen-bond donors (Lipinski definition) is 1. The highest BCUT2D eigenvalue weighted by molar-refractivity contribution is 5.03. The van der Waals surface area contributed by atoms with Crippen LogP contribution in [0.3, 0.4) is 0 Å². The van der Waals surface area contributed by atoms with Gasteiger partial charge in [0.05, 0.1) is 12.1 Å². The summed E-state index contributed by atoms with van der Waals surface area (Å²) in [5.41, 5.74) is 6.22. The third-order valence-corrected chi connectivity index (χ3v) is 5.49. The van der Waals surface area contributed by atoms with Crippen molar-refractivity contribution in [1.29, 1.82) is 0 Å². The molecule has 2 aliphatic rings. The minimum absolute atomic E-state index is 0.0861. The molecule has 0 amide bonds. The first-order valence-electron chi connectivity index (χ1n) is 10.8. The summed E-state index contributed by atoms with van der Waals surface area (Å²) in [4.78, 5) is 0. The Bertz CT molecular complexity index is 403. The molecule has 0 radical (unpaired) electrons. The van der Waals surface area contributed by atoms with E-state index in [1.165, 1.54) is 57.8 Å². The van der Waals surface area contributed by atoms with Gasteiger partial charge >= 0.3 is 0 Å². The Morgan fingerprint density at radius 1 is 0.885 bits per heavy atom. The van der Waals surface area contributed by atoms with Gasteiger partial charge in [-0.25, -0.2) is 0 Å². The number of unbranched alkanes of at least 4 members (excludes halogenated alkanes) is 9. The average molecular weight is 372 g/mol. The van der Waals surface area contributed by atoms with E-state index in [1.807, 2.05) is 20.8 Å². The molecule has 2 aliphatic heterocycles. The normalized spacial score (nSPS) is 32.9. The minimum atomic E-state index is -0.846. The Labute approximate surface area is 160 Å². The van der Waals surface area contributed by atoms with Gasteiger partial charge in [0.1, 0.15) is 12.7 Å². The molecule has 2 N–H and O–H groups in total. The van der Waals surface area contributed by atoms with Crippen LogP contribution in [0, 0.1) is 0 Å². The molecule has 0 aromatic rings. The summed E-state index contributed by atoms with van der Waals surface area (Å²) in [7, 11) is 0. The van der Waals surface area contributed by atoms with E-state index >= 15 is 0 Å². The van der Waals surface area contributed by atoms with Gasteiger partial charge in [-0.05, 0) is 27.2 Å². The van der Waals surface area contributed by atoms with Crippen LogP contribution in [-0.2, 0) is 18.9 Å². The molecule has 5 nitrogen and oxygen atoms in total. The quantitative estimate of drug-likeness (QED) is 0.482. The molecule has 2 fully saturated rings. The molecule has 0 aromatic carbocycles. The van der Waals surface area contributed by atoms with Crippen molar-refractivity contribution in [3.05, 3.63) is 0 Å². The minimum Gasteiger partial charge on any atom is -0.376 e. The smallest absolute Gasteiger partial charge is 0.223 e. The molecule has 5 heteroatoms. The summed E-state index contributed by atoms with van der Waals surface area (Å²) in [6.45, 7) is 9.15. The van der Waals surface area contributed by atoms with Crippen molar-refractivity contribution in [2.45, 2.75) is 122 Å². The monoisotopic (exact) mass is 371 g/mol. The van der Waals surface area contributed by atoms with Gasteiger partial charge in [-0.15, -0.1) is 0 Å². The average Bonchev–Trinajstić information content (AvgIpc) is 2.96. The summed E-state index contributed by atoms with van der Waals surface area (Å²) in [6.07, 6.45) is 12.9. The first-order chi connectivity index (χ1) is 12.4. The lowest BCUT2D eigenvalue weighted by atomic mass is 10.0. The number of hydrogen-bond acceptors (Lipinski definition) is 5. The highest BCUT2D eigenvalue weighted by Crippen LogP contribution is 2.44.